The van der Waals surface area contributed by atoms with E-state index in [-0.39, 0.29) is 18.4 Å². The molecule has 23 heavy (non-hydrogen) atoms. The number of carbonyl (C=O) groups excluding carboxylic acids is 2. The molecule has 124 valence electrons. The van der Waals surface area contributed by atoms with Gasteiger partial charge in [0, 0.05) is 26.2 Å². The molecular formula is C16H21N3O4. The van der Waals surface area contributed by atoms with E-state index in [2.05, 4.69) is 10.2 Å². The summed E-state index contributed by atoms with van der Waals surface area (Å²) in [5, 5.41) is 11.8. The molecule has 0 radical (unpaired) electrons. The van der Waals surface area contributed by atoms with Crippen LogP contribution >= 0.6 is 0 Å². The van der Waals surface area contributed by atoms with Gasteiger partial charge >= 0.3 is 0 Å². The summed E-state index contributed by atoms with van der Waals surface area (Å²) in [4.78, 5) is 28.1. The number of methoxy groups -OCH3 is 1. The first-order valence-electron chi connectivity index (χ1n) is 7.69. The first kappa shape index (κ1) is 15.8. The molecule has 2 aliphatic heterocycles. The molecule has 0 bridgehead atoms. The van der Waals surface area contributed by atoms with E-state index in [0.29, 0.717) is 19.6 Å². The number of aliphatic hydroxyl groups excluding tert-OH is 1. The molecule has 2 saturated heterocycles. The quantitative estimate of drug-likeness (QED) is 0.759. The molecule has 2 heterocycles. The van der Waals surface area contributed by atoms with Crippen molar-refractivity contribution in [3.63, 3.8) is 0 Å². The fourth-order valence-electron chi connectivity index (χ4n) is 3.11. The third-order valence-electron chi connectivity index (χ3n) is 4.41. The van der Waals surface area contributed by atoms with E-state index >= 15 is 0 Å². The number of hydrogen-bond donors (Lipinski definition) is 2. The Bertz CT molecular complexity index is 589. The molecule has 2 atom stereocenters. The summed E-state index contributed by atoms with van der Waals surface area (Å²) in [6, 6.07) is 6.55. The first-order valence-corrected chi connectivity index (χ1v) is 7.69. The molecule has 0 aliphatic carbocycles. The van der Waals surface area contributed by atoms with Gasteiger partial charge in [-0.15, -0.1) is 0 Å². The van der Waals surface area contributed by atoms with Crippen LogP contribution in [0.2, 0.25) is 0 Å². The molecule has 0 aromatic heterocycles. The van der Waals surface area contributed by atoms with E-state index in [1.54, 1.807) is 12.0 Å². The fourth-order valence-corrected chi connectivity index (χ4v) is 3.11. The lowest BCUT2D eigenvalue weighted by atomic mass is 10.0. The standard InChI is InChI=1S/C16H21N3O4/c1-23-12-4-2-11(3-5-12)8-18-6-7-19-14(9-18)15(21)17-13(10-20)16(19)22/h2-5,13-14,20H,6-10H2,1H3,(H,17,21)/t13-,14+/m0/s1. The second-order valence-electron chi connectivity index (χ2n) is 5.87. The lowest BCUT2D eigenvalue weighted by Crippen LogP contribution is -2.69. The number of aliphatic hydroxyl groups is 1. The fraction of sp³-hybridized carbons (Fsp3) is 0.500. The summed E-state index contributed by atoms with van der Waals surface area (Å²) in [7, 11) is 1.63. The van der Waals surface area contributed by atoms with Gasteiger partial charge in [0.25, 0.3) is 0 Å². The predicted molar refractivity (Wildman–Crippen MR) is 82.8 cm³/mol. The number of hydrogen-bond acceptors (Lipinski definition) is 5. The molecule has 0 spiro atoms. The van der Waals surface area contributed by atoms with Gasteiger partial charge in [0.05, 0.1) is 13.7 Å². The maximum Gasteiger partial charge on any atom is 0.248 e. The third kappa shape index (κ3) is 3.16. The number of nitrogens with one attached hydrogen (secondary N) is 1. The van der Waals surface area contributed by atoms with Gasteiger partial charge in [-0.05, 0) is 17.7 Å². The maximum atomic E-state index is 12.2. The van der Waals surface area contributed by atoms with Crippen molar-refractivity contribution in [2.24, 2.45) is 0 Å². The molecule has 0 saturated carbocycles. The van der Waals surface area contributed by atoms with Gasteiger partial charge in [0.15, 0.2) is 0 Å². The van der Waals surface area contributed by atoms with E-state index in [0.717, 1.165) is 17.9 Å². The number of amides is 2. The zero-order chi connectivity index (χ0) is 16.4. The molecule has 3 rings (SSSR count). The van der Waals surface area contributed by atoms with Crippen LogP contribution in [0.1, 0.15) is 5.56 Å². The SMILES string of the molecule is COc1ccc(CN2CCN3C(=O)[C@H](CO)NC(=O)[C@H]3C2)cc1. The minimum Gasteiger partial charge on any atom is -0.497 e. The Hall–Kier alpha value is -2.12. The summed E-state index contributed by atoms with van der Waals surface area (Å²) in [6.07, 6.45) is 0. The van der Waals surface area contributed by atoms with Crippen LogP contribution in [0.3, 0.4) is 0 Å². The van der Waals surface area contributed by atoms with Gasteiger partial charge < -0.3 is 20.1 Å². The Morgan fingerprint density at radius 3 is 2.65 bits per heavy atom. The molecule has 2 amide bonds. The minimum absolute atomic E-state index is 0.192. The van der Waals surface area contributed by atoms with Crippen LogP contribution in [0.4, 0.5) is 0 Å². The van der Waals surface area contributed by atoms with E-state index < -0.39 is 12.1 Å². The number of carbonyl (C=O) groups is 2. The van der Waals surface area contributed by atoms with Crippen LogP contribution in [0.25, 0.3) is 0 Å². The van der Waals surface area contributed by atoms with Crippen molar-refractivity contribution in [2.45, 2.75) is 18.6 Å². The van der Waals surface area contributed by atoms with Crippen molar-refractivity contribution < 1.29 is 19.4 Å². The number of ether oxygens (including phenoxy) is 1. The molecule has 7 nitrogen and oxygen atoms in total. The van der Waals surface area contributed by atoms with Crippen molar-refractivity contribution in [1.29, 1.82) is 0 Å². The van der Waals surface area contributed by atoms with Gasteiger partial charge in [-0.25, -0.2) is 0 Å². The van der Waals surface area contributed by atoms with Gasteiger partial charge in [-0.3, -0.25) is 14.5 Å². The smallest absolute Gasteiger partial charge is 0.248 e. The number of benzene rings is 1. The van der Waals surface area contributed by atoms with Crippen molar-refractivity contribution in [3.05, 3.63) is 29.8 Å². The van der Waals surface area contributed by atoms with E-state index in [9.17, 15) is 14.7 Å². The molecule has 1 aromatic carbocycles. The Morgan fingerprint density at radius 1 is 1.26 bits per heavy atom. The summed E-state index contributed by atoms with van der Waals surface area (Å²) in [5.41, 5.74) is 1.13. The second kappa shape index (κ2) is 6.55. The summed E-state index contributed by atoms with van der Waals surface area (Å²) in [6.45, 7) is 2.08. The Labute approximate surface area is 134 Å². The Morgan fingerprint density at radius 2 is 2.00 bits per heavy atom. The molecule has 2 N–H and O–H groups in total. The van der Waals surface area contributed by atoms with Gasteiger partial charge in [0.2, 0.25) is 11.8 Å². The van der Waals surface area contributed by atoms with Crippen LogP contribution in [-0.2, 0) is 16.1 Å². The molecule has 2 aliphatic rings. The highest BCUT2D eigenvalue weighted by Crippen LogP contribution is 2.19. The van der Waals surface area contributed by atoms with Crippen LogP contribution < -0.4 is 10.1 Å². The molecule has 2 fully saturated rings. The van der Waals surface area contributed by atoms with Crippen molar-refractivity contribution in [3.8, 4) is 5.75 Å². The van der Waals surface area contributed by atoms with Crippen molar-refractivity contribution in [1.82, 2.24) is 15.1 Å². The number of fused-ring (bicyclic) bond motifs is 1. The Balaban J connectivity index is 1.65. The Kier molecular flexibility index (Phi) is 4.49. The zero-order valence-corrected chi connectivity index (χ0v) is 13.1. The van der Waals surface area contributed by atoms with Crippen molar-refractivity contribution >= 4 is 11.8 Å². The van der Waals surface area contributed by atoms with Crippen molar-refractivity contribution in [2.75, 3.05) is 33.4 Å². The van der Waals surface area contributed by atoms with Crippen LogP contribution in [0.5, 0.6) is 5.75 Å². The molecule has 0 unspecified atom stereocenters. The molecule has 7 heteroatoms. The monoisotopic (exact) mass is 319 g/mol. The van der Waals surface area contributed by atoms with Crippen LogP contribution in [-0.4, -0.2) is 72.2 Å². The third-order valence-corrected chi connectivity index (χ3v) is 4.41. The van der Waals surface area contributed by atoms with Gasteiger partial charge in [-0.2, -0.15) is 0 Å². The average molecular weight is 319 g/mol. The lowest BCUT2D eigenvalue weighted by molar-refractivity contribution is -0.154. The highest BCUT2D eigenvalue weighted by atomic mass is 16.5. The van der Waals surface area contributed by atoms with E-state index in [4.69, 9.17) is 4.74 Å². The second-order valence-corrected chi connectivity index (χ2v) is 5.87. The first-order chi connectivity index (χ1) is 11.1. The number of piperazine rings is 2. The number of nitrogens with zero attached hydrogens (tertiary/aromatic N) is 2. The predicted octanol–water partition coefficient (Wildman–Crippen LogP) is -0.801. The number of rotatable bonds is 4. The van der Waals surface area contributed by atoms with E-state index in [1.165, 1.54) is 0 Å². The highest BCUT2D eigenvalue weighted by molar-refractivity contribution is 5.97. The van der Waals surface area contributed by atoms with Crippen LogP contribution in [0, 0.1) is 0 Å². The summed E-state index contributed by atoms with van der Waals surface area (Å²) < 4.78 is 5.15. The topological polar surface area (TPSA) is 82.1 Å². The van der Waals surface area contributed by atoms with Gasteiger partial charge in [0.1, 0.15) is 17.8 Å². The van der Waals surface area contributed by atoms with E-state index in [1.807, 2.05) is 24.3 Å². The highest BCUT2D eigenvalue weighted by Gasteiger charge is 2.42. The van der Waals surface area contributed by atoms with Gasteiger partial charge in [-0.1, -0.05) is 12.1 Å². The summed E-state index contributed by atoms with van der Waals surface area (Å²) in [5.74, 6) is 0.426. The molecular weight excluding hydrogens is 298 g/mol. The average Bonchev–Trinajstić information content (AvgIpc) is 2.58. The van der Waals surface area contributed by atoms with Crippen LogP contribution in [0.15, 0.2) is 24.3 Å². The summed E-state index contributed by atoms with van der Waals surface area (Å²) >= 11 is 0. The largest absolute Gasteiger partial charge is 0.497 e. The maximum absolute atomic E-state index is 12.2. The minimum atomic E-state index is -0.799. The normalized spacial score (nSPS) is 25.0. The molecule has 1 aromatic rings. The zero-order valence-electron chi connectivity index (χ0n) is 13.1. The lowest BCUT2D eigenvalue weighted by Gasteiger charge is -2.45.